The first-order valence-corrected chi connectivity index (χ1v) is 6.76. The van der Waals surface area contributed by atoms with Gasteiger partial charge in [0.15, 0.2) is 5.78 Å². The predicted molar refractivity (Wildman–Crippen MR) is 75.6 cm³/mol. The number of Topliss-reactive ketones (excluding diaryl/α,β-unsaturated/α-hetero) is 1. The van der Waals surface area contributed by atoms with E-state index < -0.39 is 5.97 Å². The molecule has 1 aliphatic carbocycles. The molecule has 0 aromatic heterocycles. The maximum absolute atomic E-state index is 12.0. The molecule has 0 heterocycles. The molecule has 19 heavy (non-hydrogen) atoms. The lowest BCUT2D eigenvalue weighted by Gasteiger charge is -2.06. The molecule has 0 aliphatic heterocycles. The van der Waals surface area contributed by atoms with E-state index in [2.05, 4.69) is 26.0 Å². The zero-order valence-electron chi connectivity index (χ0n) is 10.5. The van der Waals surface area contributed by atoms with Crippen LogP contribution in [-0.4, -0.2) is 18.9 Å². The molecule has 1 saturated carbocycles. The van der Waals surface area contributed by atoms with Crippen molar-refractivity contribution in [1.82, 2.24) is 0 Å². The van der Waals surface area contributed by atoms with Crippen LogP contribution in [0.1, 0.15) is 12.8 Å². The van der Waals surface area contributed by atoms with Crippen molar-refractivity contribution in [1.29, 1.82) is 0 Å². The first-order chi connectivity index (χ1) is 9.11. The van der Waals surface area contributed by atoms with Crippen LogP contribution >= 0.6 is 15.9 Å². The molecule has 0 spiro atoms. The summed E-state index contributed by atoms with van der Waals surface area (Å²) in [5, 5.41) is 2.95. The van der Waals surface area contributed by atoms with Crippen molar-refractivity contribution < 1.29 is 14.3 Å². The molecule has 0 saturated heterocycles. The Morgan fingerprint density at radius 1 is 1.32 bits per heavy atom. The monoisotopic (exact) mass is 323 g/mol. The average Bonchev–Trinajstić information content (AvgIpc) is 3.24. The highest BCUT2D eigenvalue weighted by Crippen LogP contribution is 2.32. The van der Waals surface area contributed by atoms with Gasteiger partial charge in [-0.25, -0.2) is 4.79 Å². The van der Waals surface area contributed by atoms with Crippen LogP contribution in [0.4, 0.5) is 5.69 Å². The van der Waals surface area contributed by atoms with Crippen LogP contribution in [0, 0.1) is 5.92 Å². The number of esters is 1. The van der Waals surface area contributed by atoms with Gasteiger partial charge in [-0.2, -0.15) is 0 Å². The highest BCUT2D eigenvalue weighted by Gasteiger charge is 2.34. The molecule has 100 valence electrons. The molecule has 0 bridgehead atoms. The van der Waals surface area contributed by atoms with Crippen molar-refractivity contribution in [2.45, 2.75) is 12.8 Å². The summed E-state index contributed by atoms with van der Waals surface area (Å²) < 4.78 is 5.61. The number of rotatable bonds is 5. The fourth-order valence-electron chi connectivity index (χ4n) is 1.61. The number of hydrogen-bond donors (Lipinski definition) is 1. The van der Waals surface area contributed by atoms with Crippen molar-refractivity contribution in [3.8, 4) is 0 Å². The molecule has 5 heteroatoms. The van der Waals surface area contributed by atoms with Gasteiger partial charge in [0.25, 0.3) is 0 Å². The fraction of sp³-hybridized carbons (Fsp3) is 0.286. The Kier molecular flexibility index (Phi) is 4.37. The molecule has 1 fully saturated rings. The minimum Gasteiger partial charge on any atom is -0.465 e. The second kappa shape index (κ2) is 6.02. The van der Waals surface area contributed by atoms with Crippen molar-refractivity contribution in [3.05, 3.63) is 40.5 Å². The molecular formula is C14H14BrNO3. The van der Waals surface area contributed by atoms with Crippen LogP contribution in [0.2, 0.25) is 0 Å². The fourth-order valence-corrected chi connectivity index (χ4v) is 1.87. The van der Waals surface area contributed by atoms with Gasteiger partial charge in [0.05, 0.1) is 7.11 Å². The molecular weight excluding hydrogens is 310 g/mol. The van der Waals surface area contributed by atoms with Gasteiger partial charge in [-0.15, -0.1) is 0 Å². The lowest BCUT2D eigenvalue weighted by molar-refractivity contribution is -0.138. The van der Waals surface area contributed by atoms with Crippen molar-refractivity contribution in [2.24, 2.45) is 5.92 Å². The maximum atomic E-state index is 12.0. The Bertz CT molecular complexity index is 518. The molecule has 2 rings (SSSR count). The molecule has 0 amide bonds. The highest BCUT2D eigenvalue weighted by molar-refractivity contribution is 9.10. The number of halogens is 1. The molecule has 1 N–H and O–H groups in total. The standard InChI is InChI=1S/C14H14BrNO3/c1-19-14(18)12(13(17)9-2-3-9)8-16-11-6-4-10(15)5-7-11/h4-9,16H,2-3H2,1H3. The molecule has 0 atom stereocenters. The predicted octanol–water partition coefficient (Wildman–Crippen LogP) is 2.90. The zero-order chi connectivity index (χ0) is 13.8. The van der Waals surface area contributed by atoms with E-state index in [4.69, 9.17) is 0 Å². The number of carbonyl (C=O) groups excluding carboxylic acids is 2. The third kappa shape index (κ3) is 3.67. The molecule has 1 aromatic carbocycles. The van der Waals surface area contributed by atoms with Crippen molar-refractivity contribution in [2.75, 3.05) is 12.4 Å². The van der Waals surface area contributed by atoms with E-state index in [1.165, 1.54) is 13.3 Å². The number of methoxy groups -OCH3 is 1. The smallest absolute Gasteiger partial charge is 0.343 e. The van der Waals surface area contributed by atoms with Crippen LogP contribution in [0.15, 0.2) is 40.5 Å². The summed E-state index contributed by atoms with van der Waals surface area (Å²) in [6, 6.07) is 7.43. The Balaban J connectivity index is 2.13. The summed E-state index contributed by atoms with van der Waals surface area (Å²) in [5.74, 6) is -0.755. The summed E-state index contributed by atoms with van der Waals surface area (Å²) in [7, 11) is 1.27. The summed E-state index contributed by atoms with van der Waals surface area (Å²) in [4.78, 5) is 23.6. The quantitative estimate of drug-likeness (QED) is 0.392. The molecule has 4 nitrogen and oxygen atoms in total. The lowest BCUT2D eigenvalue weighted by atomic mass is 10.1. The Hall–Kier alpha value is -1.62. The van der Waals surface area contributed by atoms with Gasteiger partial charge in [-0.05, 0) is 37.1 Å². The topological polar surface area (TPSA) is 55.4 Å². The van der Waals surface area contributed by atoms with E-state index in [0.717, 1.165) is 23.0 Å². The second-order valence-electron chi connectivity index (χ2n) is 4.34. The summed E-state index contributed by atoms with van der Waals surface area (Å²) >= 11 is 3.34. The van der Waals surface area contributed by atoms with Crippen molar-refractivity contribution in [3.63, 3.8) is 0 Å². The molecule has 0 radical (unpaired) electrons. The normalized spacial score (nSPS) is 14.9. The first kappa shape index (κ1) is 13.8. The van der Waals surface area contributed by atoms with E-state index in [1.807, 2.05) is 24.3 Å². The van der Waals surface area contributed by atoms with Crippen LogP contribution in [0.5, 0.6) is 0 Å². The molecule has 1 aliphatic rings. The Morgan fingerprint density at radius 2 is 1.95 bits per heavy atom. The average molecular weight is 324 g/mol. The van der Waals surface area contributed by atoms with Gasteiger partial charge < -0.3 is 10.1 Å². The molecule has 1 aromatic rings. The summed E-state index contributed by atoms with van der Waals surface area (Å²) in [5.41, 5.74) is 0.876. The number of anilines is 1. The number of nitrogens with one attached hydrogen (secondary N) is 1. The molecule has 0 unspecified atom stereocenters. The first-order valence-electron chi connectivity index (χ1n) is 5.96. The van der Waals surface area contributed by atoms with Crippen molar-refractivity contribution >= 4 is 33.4 Å². The van der Waals surface area contributed by atoms with Gasteiger partial charge >= 0.3 is 5.97 Å². The van der Waals surface area contributed by atoms with Crippen LogP contribution in [0.25, 0.3) is 0 Å². The Labute approximate surface area is 120 Å². The summed E-state index contributed by atoms with van der Waals surface area (Å²) in [6.45, 7) is 0. The zero-order valence-corrected chi connectivity index (χ0v) is 12.1. The van der Waals surface area contributed by atoms with Gasteiger partial charge in [0.1, 0.15) is 5.57 Å². The third-order valence-corrected chi connectivity index (χ3v) is 3.37. The number of ether oxygens (including phenoxy) is 1. The number of carbonyl (C=O) groups is 2. The number of benzene rings is 1. The third-order valence-electron chi connectivity index (χ3n) is 2.85. The van der Waals surface area contributed by atoms with E-state index in [9.17, 15) is 9.59 Å². The minimum absolute atomic E-state index is 0.0166. The SMILES string of the molecule is COC(=O)C(=CNc1ccc(Br)cc1)C(=O)C1CC1. The van der Waals surface area contributed by atoms with Crippen LogP contribution in [0.3, 0.4) is 0 Å². The van der Waals surface area contributed by atoms with Crippen LogP contribution in [-0.2, 0) is 14.3 Å². The van der Waals surface area contributed by atoms with Gasteiger partial charge in [0, 0.05) is 22.3 Å². The van der Waals surface area contributed by atoms with E-state index in [-0.39, 0.29) is 17.3 Å². The summed E-state index contributed by atoms with van der Waals surface area (Å²) in [6.07, 6.45) is 3.13. The maximum Gasteiger partial charge on any atom is 0.343 e. The van der Waals surface area contributed by atoms with E-state index in [1.54, 1.807) is 0 Å². The van der Waals surface area contributed by atoms with E-state index in [0.29, 0.717) is 0 Å². The van der Waals surface area contributed by atoms with Gasteiger partial charge in [0.2, 0.25) is 0 Å². The lowest BCUT2D eigenvalue weighted by Crippen LogP contribution is -2.17. The van der Waals surface area contributed by atoms with Gasteiger partial charge in [-0.3, -0.25) is 4.79 Å². The van der Waals surface area contributed by atoms with Gasteiger partial charge in [-0.1, -0.05) is 15.9 Å². The Morgan fingerprint density at radius 3 is 2.47 bits per heavy atom. The largest absolute Gasteiger partial charge is 0.465 e. The second-order valence-corrected chi connectivity index (χ2v) is 5.26. The minimum atomic E-state index is -0.596. The number of ketones is 1. The highest BCUT2D eigenvalue weighted by atomic mass is 79.9. The number of hydrogen-bond acceptors (Lipinski definition) is 4. The van der Waals surface area contributed by atoms with Crippen LogP contribution < -0.4 is 5.32 Å². The van der Waals surface area contributed by atoms with E-state index >= 15 is 0 Å².